The highest BCUT2D eigenvalue weighted by Gasteiger charge is 1.98. The lowest BCUT2D eigenvalue weighted by molar-refractivity contribution is 0.189. The topological polar surface area (TPSA) is 49.7 Å². The van der Waals surface area contributed by atoms with Crippen LogP contribution in [0.15, 0.2) is 0 Å². The zero-order chi connectivity index (χ0) is 10.1. The summed E-state index contributed by atoms with van der Waals surface area (Å²) in [6, 6.07) is 2.17. The first kappa shape index (κ1) is 13.3. The van der Waals surface area contributed by atoms with Crippen LogP contribution < -0.4 is 0 Å². The van der Waals surface area contributed by atoms with Gasteiger partial charge in [-0.1, -0.05) is 0 Å². The van der Waals surface area contributed by atoms with Crippen LogP contribution in [0.5, 0.6) is 0 Å². The van der Waals surface area contributed by atoms with Crippen LogP contribution in [0.1, 0.15) is 26.7 Å². The van der Waals surface area contributed by atoms with Crippen molar-refractivity contribution in [3.63, 3.8) is 0 Å². The maximum atomic E-state index is 8.97. The third-order valence-corrected chi connectivity index (χ3v) is 5.52. The van der Waals surface area contributed by atoms with Crippen molar-refractivity contribution >= 4 is 19.5 Å². The Labute approximate surface area is 85.4 Å². The molecule has 2 unspecified atom stereocenters. The van der Waals surface area contributed by atoms with Crippen LogP contribution in [0.3, 0.4) is 0 Å². The number of aliphatic hydroxyl groups excluding tert-OH is 2. The second-order valence-corrected chi connectivity index (χ2v) is 7.46. The Kier molecular flexibility index (Phi) is 9.11. The van der Waals surface area contributed by atoms with E-state index in [9.17, 15) is 0 Å². The first-order valence-corrected chi connectivity index (χ1v) is 8.22. The summed E-state index contributed by atoms with van der Waals surface area (Å²) in [7, 11) is -0.713. The number of hydrogen-bond acceptors (Lipinski definition) is 3. The van der Waals surface area contributed by atoms with Gasteiger partial charge in [0, 0.05) is 0 Å². The summed E-state index contributed by atoms with van der Waals surface area (Å²) >= 11 is 0. The average Bonchev–Trinajstić information content (AvgIpc) is 2.01. The van der Waals surface area contributed by atoms with Gasteiger partial charge in [0.1, 0.15) is 19.5 Å². The number of rotatable bonds is 8. The van der Waals surface area contributed by atoms with Gasteiger partial charge in [-0.15, -0.1) is 0 Å². The Morgan fingerprint density at radius 1 is 1.00 bits per heavy atom. The summed E-state index contributed by atoms with van der Waals surface area (Å²) in [5.41, 5.74) is 0. The van der Waals surface area contributed by atoms with E-state index in [1.54, 1.807) is 0 Å². The smallest absolute Gasteiger partial charge is 0.146 e. The fourth-order valence-electron chi connectivity index (χ4n) is 1.06. The first-order valence-electron chi connectivity index (χ1n) is 5.06. The van der Waals surface area contributed by atoms with Gasteiger partial charge in [-0.05, 0) is 38.8 Å². The fourth-order valence-corrected chi connectivity index (χ4v) is 5.03. The maximum absolute atomic E-state index is 8.97. The molecule has 0 rings (SSSR count). The summed E-state index contributed by atoms with van der Waals surface area (Å²) in [6.07, 6.45) is 1.43. The van der Waals surface area contributed by atoms with E-state index in [4.69, 9.17) is 14.3 Å². The number of hydrogen-bond donors (Lipinski definition) is 2. The molecule has 0 heterocycles. The second kappa shape index (κ2) is 8.89. The van der Waals surface area contributed by atoms with Crippen LogP contribution in [-0.2, 0) is 4.12 Å². The van der Waals surface area contributed by atoms with Crippen molar-refractivity contribution in [1.29, 1.82) is 0 Å². The quantitative estimate of drug-likeness (QED) is 0.432. The Morgan fingerprint density at radius 3 is 1.69 bits per heavy atom. The van der Waals surface area contributed by atoms with Crippen molar-refractivity contribution in [3.8, 4) is 0 Å². The highest BCUT2D eigenvalue weighted by atomic mass is 28.3. The zero-order valence-corrected chi connectivity index (χ0v) is 11.5. The highest BCUT2D eigenvalue weighted by molar-refractivity contribution is 6.42. The van der Waals surface area contributed by atoms with Gasteiger partial charge < -0.3 is 14.3 Å². The lowest BCUT2D eigenvalue weighted by Crippen LogP contribution is -2.09. The molecule has 0 aliphatic rings. The van der Waals surface area contributed by atoms with Gasteiger partial charge in [0.15, 0.2) is 0 Å². The largest absolute Gasteiger partial charge is 0.465 e. The van der Waals surface area contributed by atoms with Gasteiger partial charge in [0.25, 0.3) is 0 Å². The van der Waals surface area contributed by atoms with Gasteiger partial charge >= 0.3 is 0 Å². The minimum atomic E-state index is -0.356. The molecular weight excluding hydrogens is 200 g/mol. The first-order chi connectivity index (χ1) is 6.13. The van der Waals surface area contributed by atoms with Crippen molar-refractivity contribution in [3.05, 3.63) is 0 Å². The van der Waals surface area contributed by atoms with Crippen molar-refractivity contribution in [2.45, 2.75) is 51.0 Å². The predicted molar refractivity (Wildman–Crippen MR) is 60.4 cm³/mol. The molecule has 13 heavy (non-hydrogen) atoms. The van der Waals surface area contributed by atoms with Crippen LogP contribution in [0, 0.1) is 0 Å². The average molecular weight is 222 g/mol. The third-order valence-electron chi connectivity index (χ3n) is 1.82. The van der Waals surface area contributed by atoms with Crippen LogP contribution >= 0.6 is 0 Å². The molecule has 0 aliphatic heterocycles. The van der Waals surface area contributed by atoms with Crippen molar-refractivity contribution in [2.75, 3.05) is 0 Å². The molecule has 0 aromatic heterocycles. The SMILES string of the molecule is CC(O)CC[SiH2]O[SiH2]CCC(C)O. The summed E-state index contributed by atoms with van der Waals surface area (Å²) in [6.45, 7) is 3.64. The van der Waals surface area contributed by atoms with Crippen LogP contribution in [-0.4, -0.2) is 41.9 Å². The monoisotopic (exact) mass is 222 g/mol. The van der Waals surface area contributed by atoms with Crippen molar-refractivity contribution in [2.24, 2.45) is 0 Å². The molecule has 0 saturated heterocycles. The standard InChI is InChI=1S/C8H22O3Si2/c1-7(9)3-5-12-11-13-6-4-8(2)10/h7-10H,3-6,12-13H2,1-2H3. The minimum Gasteiger partial charge on any atom is -0.465 e. The zero-order valence-electron chi connectivity index (χ0n) is 8.70. The highest BCUT2D eigenvalue weighted by Crippen LogP contribution is 1.98. The second-order valence-electron chi connectivity index (χ2n) is 3.59. The maximum Gasteiger partial charge on any atom is 0.146 e. The van der Waals surface area contributed by atoms with E-state index in [-0.39, 0.29) is 31.7 Å². The Balaban J connectivity index is 2.92. The van der Waals surface area contributed by atoms with E-state index in [2.05, 4.69) is 0 Å². The molecule has 0 fully saturated rings. The van der Waals surface area contributed by atoms with Gasteiger partial charge in [-0.25, -0.2) is 0 Å². The van der Waals surface area contributed by atoms with Crippen molar-refractivity contribution < 1.29 is 14.3 Å². The van der Waals surface area contributed by atoms with Crippen LogP contribution in [0.4, 0.5) is 0 Å². The lowest BCUT2D eigenvalue weighted by atomic mass is 10.3. The molecule has 0 aliphatic carbocycles. The van der Waals surface area contributed by atoms with E-state index < -0.39 is 0 Å². The molecule has 0 aromatic carbocycles. The molecule has 2 atom stereocenters. The molecular formula is C8H22O3Si2. The van der Waals surface area contributed by atoms with E-state index in [0.29, 0.717) is 0 Å². The van der Waals surface area contributed by atoms with E-state index in [1.807, 2.05) is 13.8 Å². The molecule has 5 heteroatoms. The predicted octanol–water partition coefficient (Wildman–Crippen LogP) is -0.451. The van der Waals surface area contributed by atoms with Gasteiger partial charge in [-0.2, -0.15) is 0 Å². The molecule has 80 valence electrons. The summed E-state index contributed by atoms with van der Waals surface area (Å²) in [5, 5.41) is 17.9. The van der Waals surface area contributed by atoms with Gasteiger partial charge in [0.05, 0.1) is 12.2 Å². The minimum absolute atomic E-state index is 0.171. The molecule has 0 spiro atoms. The normalized spacial score (nSPS) is 17.5. The summed E-state index contributed by atoms with van der Waals surface area (Å²) in [5.74, 6) is 0. The molecule has 3 nitrogen and oxygen atoms in total. The van der Waals surface area contributed by atoms with E-state index in [0.717, 1.165) is 24.9 Å². The molecule has 0 radical (unpaired) electrons. The van der Waals surface area contributed by atoms with Gasteiger partial charge in [0.2, 0.25) is 0 Å². The Bertz CT molecular complexity index is 97.6. The molecule has 0 aromatic rings. The summed E-state index contributed by atoms with van der Waals surface area (Å²) in [4.78, 5) is 0. The van der Waals surface area contributed by atoms with E-state index >= 15 is 0 Å². The van der Waals surface area contributed by atoms with E-state index in [1.165, 1.54) is 0 Å². The van der Waals surface area contributed by atoms with Crippen molar-refractivity contribution in [1.82, 2.24) is 0 Å². The number of aliphatic hydroxyl groups is 2. The molecule has 2 N–H and O–H groups in total. The lowest BCUT2D eigenvalue weighted by Gasteiger charge is -2.06. The van der Waals surface area contributed by atoms with Crippen LogP contribution in [0.25, 0.3) is 0 Å². The summed E-state index contributed by atoms with van der Waals surface area (Å²) < 4.78 is 5.59. The Morgan fingerprint density at radius 2 is 1.38 bits per heavy atom. The van der Waals surface area contributed by atoms with Gasteiger partial charge in [-0.3, -0.25) is 0 Å². The third kappa shape index (κ3) is 12.3. The molecule has 0 bridgehead atoms. The molecule has 0 amide bonds. The fraction of sp³-hybridized carbons (Fsp3) is 1.00. The molecule has 0 saturated carbocycles. The Hall–Kier alpha value is 0.314. The van der Waals surface area contributed by atoms with Crippen LogP contribution in [0.2, 0.25) is 12.1 Å².